The van der Waals surface area contributed by atoms with Crippen molar-refractivity contribution < 1.29 is 27.4 Å². The summed E-state index contributed by atoms with van der Waals surface area (Å²) in [6, 6.07) is 4.22. The van der Waals surface area contributed by atoms with Gasteiger partial charge in [0.1, 0.15) is 23.8 Å². The van der Waals surface area contributed by atoms with E-state index in [0.717, 1.165) is 0 Å². The quantitative estimate of drug-likeness (QED) is 0.750. The van der Waals surface area contributed by atoms with Gasteiger partial charge in [-0.2, -0.15) is 0 Å². The highest BCUT2D eigenvalue weighted by Crippen LogP contribution is 2.25. The topological polar surface area (TPSA) is 79.3 Å². The number of rotatable bonds is 5. The van der Waals surface area contributed by atoms with E-state index in [-0.39, 0.29) is 24.3 Å². The zero-order chi connectivity index (χ0) is 20.4. The molecule has 1 unspecified atom stereocenters. The van der Waals surface area contributed by atoms with Crippen LogP contribution in [0.2, 0.25) is 5.02 Å². The number of halogens is 2. The molecule has 0 aliphatic carbocycles. The number of β-amino-alcohol motifs (C(OH)–C–C–N with tert-alkyl or cyclic N) is 1. The van der Waals surface area contributed by atoms with Gasteiger partial charge in [0, 0.05) is 38.3 Å². The first-order chi connectivity index (χ1) is 13.2. The molecule has 3 rings (SSSR count). The fourth-order valence-corrected chi connectivity index (χ4v) is 4.71. The van der Waals surface area contributed by atoms with Crippen molar-refractivity contribution in [1.29, 1.82) is 0 Å². The highest BCUT2D eigenvalue weighted by atomic mass is 35.5. The lowest BCUT2D eigenvalue weighted by Crippen LogP contribution is -2.53. The lowest BCUT2D eigenvalue weighted by atomic mass is 10.0. The molecule has 0 radical (unpaired) electrons. The van der Waals surface area contributed by atoms with Gasteiger partial charge in [0.05, 0.1) is 24.5 Å². The summed E-state index contributed by atoms with van der Waals surface area (Å²) in [4.78, 5) is 2.15. The SMILES string of the molecule is CS(=O)(=O)N1CCC(N2CCOCC(O)(COc3ccc(F)c(Cl)c3)C2)CC1. The van der Waals surface area contributed by atoms with E-state index in [4.69, 9.17) is 21.1 Å². The molecule has 0 amide bonds. The fourth-order valence-electron chi connectivity index (χ4n) is 3.67. The molecule has 1 aromatic rings. The monoisotopic (exact) mass is 436 g/mol. The summed E-state index contributed by atoms with van der Waals surface area (Å²) in [5.74, 6) is -0.158. The zero-order valence-corrected chi connectivity index (χ0v) is 17.4. The smallest absolute Gasteiger partial charge is 0.211 e. The average molecular weight is 437 g/mol. The maximum Gasteiger partial charge on any atom is 0.211 e. The van der Waals surface area contributed by atoms with Crippen LogP contribution < -0.4 is 4.74 Å². The van der Waals surface area contributed by atoms with Crippen molar-refractivity contribution >= 4 is 21.6 Å². The van der Waals surface area contributed by atoms with Crippen molar-refractivity contribution in [3.8, 4) is 5.75 Å². The molecule has 158 valence electrons. The van der Waals surface area contributed by atoms with Crippen molar-refractivity contribution in [3.63, 3.8) is 0 Å². The normalized spacial score (nSPS) is 26.1. The molecule has 0 saturated carbocycles. The van der Waals surface area contributed by atoms with E-state index in [1.165, 1.54) is 28.8 Å². The van der Waals surface area contributed by atoms with Crippen LogP contribution in [0.1, 0.15) is 12.8 Å². The molecule has 2 heterocycles. The summed E-state index contributed by atoms with van der Waals surface area (Å²) < 4.78 is 49.4. The molecule has 0 bridgehead atoms. The largest absolute Gasteiger partial charge is 0.490 e. The van der Waals surface area contributed by atoms with Crippen molar-refractivity contribution in [1.82, 2.24) is 9.21 Å². The minimum Gasteiger partial charge on any atom is -0.490 e. The second kappa shape index (κ2) is 8.81. The Morgan fingerprint density at radius 3 is 2.71 bits per heavy atom. The predicted octanol–water partition coefficient (Wildman–Crippen LogP) is 1.35. The molecule has 2 aliphatic heterocycles. The molecular formula is C18H26ClFN2O5S. The molecule has 0 spiro atoms. The van der Waals surface area contributed by atoms with E-state index < -0.39 is 21.4 Å². The van der Waals surface area contributed by atoms with Crippen LogP contribution >= 0.6 is 11.6 Å². The van der Waals surface area contributed by atoms with Crippen molar-refractivity contribution in [2.24, 2.45) is 0 Å². The van der Waals surface area contributed by atoms with Crippen LogP contribution in [-0.2, 0) is 14.8 Å². The zero-order valence-electron chi connectivity index (χ0n) is 15.8. The second-order valence-corrected chi connectivity index (χ2v) is 9.89. The van der Waals surface area contributed by atoms with Gasteiger partial charge in [0.15, 0.2) is 0 Å². The molecule has 28 heavy (non-hydrogen) atoms. The Morgan fingerprint density at radius 2 is 2.07 bits per heavy atom. The fraction of sp³-hybridized carbons (Fsp3) is 0.667. The number of piperidine rings is 1. The first-order valence-electron chi connectivity index (χ1n) is 9.23. The van der Waals surface area contributed by atoms with Gasteiger partial charge >= 0.3 is 0 Å². The van der Waals surface area contributed by atoms with Crippen molar-refractivity contribution in [2.45, 2.75) is 24.5 Å². The van der Waals surface area contributed by atoms with Gasteiger partial charge in [-0.15, -0.1) is 0 Å². The molecule has 1 aromatic carbocycles. The molecule has 1 N–H and O–H groups in total. The Hall–Kier alpha value is -0.970. The van der Waals surface area contributed by atoms with Crippen LogP contribution in [0.5, 0.6) is 5.75 Å². The standard InChI is InChI=1S/C18H26ClFN2O5S/c1-28(24,25)22-6-4-14(5-7-22)21-8-9-26-12-18(23,11-21)13-27-15-2-3-17(20)16(19)10-15/h2-3,10,14,23H,4-9,11-13H2,1H3. The van der Waals surface area contributed by atoms with Crippen LogP contribution in [0, 0.1) is 5.82 Å². The van der Waals surface area contributed by atoms with E-state index in [1.807, 2.05) is 0 Å². The first-order valence-corrected chi connectivity index (χ1v) is 11.5. The predicted molar refractivity (Wildman–Crippen MR) is 104 cm³/mol. The highest BCUT2D eigenvalue weighted by molar-refractivity contribution is 7.88. The third kappa shape index (κ3) is 5.55. The van der Waals surface area contributed by atoms with E-state index in [0.29, 0.717) is 51.4 Å². The third-order valence-corrected chi connectivity index (χ3v) is 6.79. The lowest BCUT2D eigenvalue weighted by Gasteiger charge is -2.39. The van der Waals surface area contributed by atoms with E-state index in [9.17, 15) is 17.9 Å². The molecule has 0 aromatic heterocycles. The van der Waals surface area contributed by atoms with Gasteiger partial charge < -0.3 is 14.6 Å². The van der Waals surface area contributed by atoms with Gasteiger partial charge in [0.25, 0.3) is 0 Å². The number of sulfonamides is 1. The first kappa shape index (κ1) is 21.7. The van der Waals surface area contributed by atoms with Gasteiger partial charge in [-0.1, -0.05) is 11.6 Å². The molecule has 2 saturated heterocycles. The number of hydrogen-bond acceptors (Lipinski definition) is 6. The average Bonchev–Trinajstić information content (AvgIpc) is 2.84. The Kier molecular flexibility index (Phi) is 6.84. The number of benzene rings is 1. The molecule has 10 heteroatoms. The second-order valence-electron chi connectivity index (χ2n) is 7.51. The maximum absolute atomic E-state index is 13.3. The Bertz CT molecular complexity index is 788. The number of nitrogens with zero attached hydrogens (tertiary/aromatic N) is 2. The van der Waals surface area contributed by atoms with Crippen LogP contribution in [0.3, 0.4) is 0 Å². The van der Waals surface area contributed by atoms with E-state index >= 15 is 0 Å². The molecular weight excluding hydrogens is 411 g/mol. The lowest BCUT2D eigenvalue weighted by molar-refractivity contribution is -0.0684. The van der Waals surface area contributed by atoms with Crippen molar-refractivity contribution in [3.05, 3.63) is 29.0 Å². The van der Waals surface area contributed by atoms with E-state index in [1.54, 1.807) is 0 Å². The Balaban J connectivity index is 1.60. The summed E-state index contributed by atoms with van der Waals surface area (Å²) in [6.07, 6.45) is 2.64. The maximum atomic E-state index is 13.3. The van der Waals surface area contributed by atoms with Crippen molar-refractivity contribution in [2.75, 3.05) is 52.3 Å². The third-order valence-electron chi connectivity index (χ3n) is 5.20. The Morgan fingerprint density at radius 1 is 1.36 bits per heavy atom. The molecule has 1 atom stereocenters. The summed E-state index contributed by atoms with van der Waals surface area (Å²) >= 11 is 5.77. The number of aliphatic hydroxyl groups is 1. The van der Waals surface area contributed by atoms with E-state index in [2.05, 4.69) is 4.90 Å². The summed E-state index contributed by atoms with van der Waals surface area (Å²) in [5.41, 5.74) is -1.23. The van der Waals surface area contributed by atoms with Crippen LogP contribution in [0.4, 0.5) is 4.39 Å². The summed E-state index contributed by atoms with van der Waals surface area (Å²) in [5, 5.41) is 11.0. The number of ether oxygens (including phenoxy) is 2. The minimum absolute atomic E-state index is 0.0202. The van der Waals surface area contributed by atoms with Crippen LogP contribution in [-0.4, -0.2) is 86.6 Å². The molecule has 2 aliphatic rings. The summed E-state index contributed by atoms with van der Waals surface area (Å²) in [6.45, 7) is 2.55. The number of hydrogen-bond donors (Lipinski definition) is 1. The van der Waals surface area contributed by atoms with Gasteiger partial charge in [-0.25, -0.2) is 17.1 Å². The summed E-state index contributed by atoms with van der Waals surface area (Å²) in [7, 11) is -3.17. The van der Waals surface area contributed by atoms with Gasteiger partial charge in [-0.05, 0) is 25.0 Å². The van der Waals surface area contributed by atoms with Crippen LogP contribution in [0.25, 0.3) is 0 Å². The van der Waals surface area contributed by atoms with Gasteiger partial charge in [-0.3, -0.25) is 4.90 Å². The minimum atomic E-state index is -3.17. The molecule has 2 fully saturated rings. The Labute approximate surface area is 170 Å². The van der Waals surface area contributed by atoms with Crippen LogP contribution in [0.15, 0.2) is 18.2 Å². The van der Waals surface area contributed by atoms with Gasteiger partial charge in [0.2, 0.25) is 10.0 Å². The molecule has 7 nitrogen and oxygen atoms in total. The highest BCUT2D eigenvalue weighted by Gasteiger charge is 2.37.